The highest BCUT2D eigenvalue weighted by Crippen LogP contribution is 2.33. The Morgan fingerprint density at radius 3 is 2.45 bits per heavy atom. The first kappa shape index (κ1) is 17.1. The molecule has 0 aliphatic rings. The third kappa shape index (κ3) is 4.56. The number of alkyl halides is 1. The molecule has 0 aliphatic heterocycles. The number of methoxy groups -OCH3 is 1. The van der Waals surface area contributed by atoms with Gasteiger partial charge in [0, 0.05) is 4.43 Å². The Hall–Kier alpha value is -0.943. The molecule has 0 aliphatic carbocycles. The summed E-state index contributed by atoms with van der Waals surface area (Å²) in [4.78, 5) is 11.8. The maximum absolute atomic E-state index is 11.8. The van der Waals surface area contributed by atoms with Crippen LogP contribution in [0.2, 0.25) is 19.6 Å². The first-order valence-electron chi connectivity index (χ1n) is 6.19. The third-order valence-corrected chi connectivity index (χ3v) is 4.07. The monoisotopic (exact) mass is 406 g/mol. The molecule has 1 heterocycles. The SMILES string of the molecule is COc1c(C)oc(=O)c(CI)c1OCC#C[Si](C)(C)C. The van der Waals surface area contributed by atoms with E-state index in [1.54, 1.807) is 6.92 Å². The van der Waals surface area contributed by atoms with E-state index < -0.39 is 8.07 Å². The van der Waals surface area contributed by atoms with E-state index in [0.29, 0.717) is 27.3 Å². The summed E-state index contributed by atoms with van der Waals surface area (Å²) < 4.78 is 16.6. The lowest BCUT2D eigenvalue weighted by Gasteiger charge is -2.13. The molecule has 0 spiro atoms. The molecular formula is C14H19IO4Si. The van der Waals surface area contributed by atoms with Gasteiger partial charge >= 0.3 is 5.63 Å². The van der Waals surface area contributed by atoms with Crippen molar-refractivity contribution >= 4 is 30.7 Å². The zero-order chi connectivity index (χ0) is 15.3. The summed E-state index contributed by atoms with van der Waals surface area (Å²) in [6, 6.07) is 0. The maximum atomic E-state index is 11.8. The molecule has 1 rings (SSSR count). The molecule has 0 saturated carbocycles. The van der Waals surface area contributed by atoms with Crippen LogP contribution in [0.25, 0.3) is 0 Å². The molecule has 0 bridgehead atoms. The summed E-state index contributed by atoms with van der Waals surface area (Å²) in [5, 5.41) is 0. The lowest BCUT2D eigenvalue weighted by atomic mass is 10.2. The van der Waals surface area contributed by atoms with E-state index in [9.17, 15) is 4.79 Å². The number of aryl methyl sites for hydroxylation is 1. The van der Waals surface area contributed by atoms with Crippen molar-refractivity contribution in [2.45, 2.75) is 31.0 Å². The van der Waals surface area contributed by atoms with Crippen molar-refractivity contribution in [2.75, 3.05) is 13.7 Å². The van der Waals surface area contributed by atoms with E-state index in [0.717, 1.165) is 0 Å². The Balaban J connectivity index is 3.09. The van der Waals surface area contributed by atoms with Gasteiger partial charge in [-0.1, -0.05) is 48.2 Å². The average Bonchev–Trinajstić information content (AvgIpc) is 2.33. The van der Waals surface area contributed by atoms with Crippen LogP contribution in [0.15, 0.2) is 9.21 Å². The largest absolute Gasteiger partial charge is 0.490 e. The highest BCUT2D eigenvalue weighted by Gasteiger charge is 2.19. The van der Waals surface area contributed by atoms with Gasteiger partial charge in [-0.05, 0) is 6.92 Å². The van der Waals surface area contributed by atoms with Crippen molar-refractivity contribution < 1.29 is 13.9 Å². The van der Waals surface area contributed by atoms with Crippen molar-refractivity contribution in [3.05, 3.63) is 21.7 Å². The third-order valence-electron chi connectivity index (χ3n) is 2.38. The fraction of sp³-hybridized carbons (Fsp3) is 0.500. The predicted molar refractivity (Wildman–Crippen MR) is 90.6 cm³/mol. The second-order valence-corrected chi connectivity index (χ2v) is 10.8. The standard InChI is InChI=1S/C14H19IO4Si/c1-10-12(17-2)13(11(9-15)14(16)19-10)18-7-6-8-20(3,4)5/h7,9H2,1-5H3. The first-order chi connectivity index (χ1) is 9.30. The molecule has 1 aromatic rings. The molecule has 0 atom stereocenters. The summed E-state index contributed by atoms with van der Waals surface area (Å²) in [5.41, 5.74) is 3.31. The van der Waals surface area contributed by atoms with Crippen LogP contribution in [0.5, 0.6) is 11.5 Å². The van der Waals surface area contributed by atoms with E-state index in [-0.39, 0.29) is 12.2 Å². The molecule has 0 radical (unpaired) electrons. The zero-order valence-electron chi connectivity index (χ0n) is 12.4. The fourth-order valence-corrected chi connectivity index (χ4v) is 2.81. The van der Waals surface area contributed by atoms with Crippen LogP contribution >= 0.6 is 22.6 Å². The molecule has 0 amide bonds. The average molecular weight is 406 g/mol. The van der Waals surface area contributed by atoms with E-state index in [1.165, 1.54) is 7.11 Å². The lowest BCUT2D eigenvalue weighted by molar-refractivity contribution is 0.305. The van der Waals surface area contributed by atoms with Crippen LogP contribution in [-0.4, -0.2) is 21.8 Å². The molecule has 110 valence electrons. The minimum Gasteiger partial charge on any atom is -0.490 e. The summed E-state index contributed by atoms with van der Waals surface area (Å²) in [6.07, 6.45) is 0. The number of hydrogen-bond donors (Lipinski definition) is 0. The van der Waals surface area contributed by atoms with E-state index >= 15 is 0 Å². The van der Waals surface area contributed by atoms with Gasteiger partial charge in [0.1, 0.15) is 14.7 Å². The number of halogens is 1. The van der Waals surface area contributed by atoms with Gasteiger partial charge in [0.25, 0.3) is 0 Å². The molecular weight excluding hydrogens is 387 g/mol. The number of rotatable bonds is 4. The number of ether oxygens (including phenoxy) is 2. The van der Waals surface area contributed by atoms with Crippen molar-refractivity contribution in [3.8, 4) is 23.0 Å². The molecule has 0 unspecified atom stereocenters. The summed E-state index contributed by atoms with van der Waals surface area (Å²) in [5.74, 6) is 4.34. The number of hydrogen-bond acceptors (Lipinski definition) is 4. The normalized spacial score (nSPS) is 10.7. The summed E-state index contributed by atoms with van der Waals surface area (Å²) in [6.45, 7) is 8.42. The van der Waals surface area contributed by atoms with Gasteiger partial charge in [0.2, 0.25) is 0 Å². The fourth-order valence-electron chi connectivity index (χ4n) is 1.55. The van der Waals surface area contributed by atoms with Crippen molar-refractivity contribution in [3.63, 3.8) is 0 Å². The smallest absolute Gasteiger partial charge is 0.343 e. The highest BCUT2D eigenvalue weighted by atomic mass is 127. The second kappa shape index (κ2) is 7.18. The van der Waals surface area contributed by atoms with Crippen LogP contribution in [-0.2, 0) is 4.43 Å². The van der Waals surface area contributed by atoms with Crippen LogP contribution < -0.4 is 15.1 Å². The molecule has 0 fully saturated rings. The molecule has 20 heavy (non-hydrogen) atoms. The second-order valence-electron chi connectivity index (χ2n) is 5.26. The van der Waals surface area contributed by atoms with Gasteiger partial charge in [0.05, 0.1) is 12.7 Å². The van der Waals surface area contributed by atoms with Gasteiger partial charge in [-0.15, -0.1) is 5.54 Å². The molecule has 1 aromatic heterocycles. The molecule has 6 heteroatoms. The van der Waals surface area contributed by atoms with Crippen LogP contribution in [0.3, 0.4) is 0 Å². The van der Waals surface area contributed by atoms with E-state index in [2.05, 4.69) is 53.7 Å². The van der Waals surface area contributed by atoms with Gasteiger partial charge in [0.15, 0.2) is 17.3 Å². The van der Waals surface area contributed by atoms with Crippen molar-refractivity contribution in [1.82, 2.24) is 0 Å². The summed E-state index contributed by atoms with van der Waals surface area (Å²) in [7, 11) is 0.113. The minimum atomic E-state index is -1.42. The van der Waals surface area contributed by atoms with Gasteiger partial charge in [-0.25, -0.2) is 4.79 Å². The van der Waals surface area contributed by atoms with Crippen LogP contribution in [0.4, 0.5) is 0 Å². The van der Waals surface area contributed by atoms with E-state index in [4.69, 9.17) is 13.9 Å². The lowest BCUT2D eigenvalue weighted by Crippen LogP contribution is -2.17. The molecule has 4 nitrogen and oxygen atoms in total. The first-order valence-corrected chi connectivity index (χ1v) is 11.2. The van der Waals surface area contributed by atoms with Crippen LogP contribution in [0.1, 0.15) is 11.3 Å². The maximum Gasteiger partial charge on any atom is 0.343 e. The Morgan fingerprint density at radius 2 is 1.95 bits per heavy atom. The van der Waals surface area contributed by atoms with Gasteiger partial charge < -0.3 is 13.9 Å². The Bertz CT molecular complexity index is 590. The van der Waals surface area contributed by atoms with Gasteiger partial charge in [-0.3, -0.25) is 0 Å². The van der Waals surface area contributed by atoms with Gasteiger partial charge in [-0.2, -0.15) is 0 Å². The Labute approximate surface area is 134 Å². The highest BCUT2D eigenvalue weighted by molar-refractivity contribution is 14.1. The van der Waals surface area contributed by atoms with Crippen molar-refractivity contribution in [2.24, 2.45) is 0 Å². The predicted octanol–water partition coefficient (Wildman–Crippen LogP) is 3.15. The molecule has 0 N–H and O–H groups in total. The summed E-state index contributed by atoms with van der Waals surface area (Å²) >= 11 is 2.10. The molecule has 0 saturated heterocycles. The van der Waals surface area contributed by atoms with Crippen molar-refractivity contribution in [1.29, 1.82) is 0 Å². The minimum absolute atomic E-state index is 0.243. The zero-order valence-corrected chi connectivity index (χ0v) is 15.6. The molecule has 0 aromatic carbocycles. The topological polar surface area (TPSA) is 48.7 Å². The van der Waals surface area contributed by atoms with E-state index in [1.807, 2.05) is 0 Å². The van der Waals surface area contributed by atoms with Crippen LogP contribution in [0, 0.1) is 18.4 Å². The quantitative estimate of drug-likeness (QED) is 0.334. The Kier molecular flexibility index (Phi) is 6.14. The Morgan fingerprint density at radius 1 is 1.30 bits per heavy atom.